The predicted molar refractivity (Wildman–Crippen MR) is 58.2 cm³/mol. The lowest BCUT2D eigenvalue weighted by Crippen LogP contribution is -2.56. The maximum atomic E-state index is 12.6. The van der Waals surface area contributed by atoms with Gasteiger partial charge in [0.2, 0.25) is 0 Å². The van der Waals surface area contributed by atoms with Crippen molar-refractivity contribution in [3.05, 3.63) is 29.8 Å². The summed E-state index contributed by atoms with van der Waals surface area (Å²) in [6.45, 7) is 1.34. The number of hydrogen-bond donors (Lipinski definition) is 0. The van der Waals surface area contributed by atoms with Crippen LogP contribution in [0.3, 0.4) is 0 Å². The van der Waals surface area contributed by atoms with Crippen LogP contribution in [0.25, 0.3) is 0 Å². The number of carbonyl (C=O) groups is 1. The summed E-state index contributed by atoms with van der Waals surface area (Å²) in [6, 6.07) is 6.82. The van der Waals surface area contributed by atoms with E-state index < -0.39 is 5.92 Å². The SMILES string of the molecule is CCC(=O)c1ccc(N2CC(F)(F)C2)cc1. The second-order valence-corrected chi connectivity index (χ2v) is 4.04. The van der Waals surface area contributed by atoms with Crippen LogP contribution < -0.4 is 4.90 Å². The maximum Gasteiger partial charge on any atom is 0.282 e. The summed E-state index contributed by atoms with van der Waals surface area (Å²) < 4.78 is 25.3. The number of benzene rings is 1. The minimum Gasteiger partial charge on any atom is -0.359 e. The zero-order valence-corrected chi connectivity index (χ0v) is 9.04. The van der Waals surface area contributed by atoms with Crippen LogP contribution in [-0.4, -0.2) is 24.8 Å². The molecule has 0 spiro atoms. The van der Waals surface area contributed by atoms with Gasteiger partial charge < -0.3 is 4.90 Å². The third kappa shape index (κ3) is 2.05. The molecule has 0 radical (unpaired) electrons. The number of hydrogen-bond acceptors (Lipinski definition) is 2. The Morgan fingerprint density at radius 2 is 1.88 bits per heavy atom. The molecule has 0 aromatic heterocycles. The summed E-state index contributed by atoms with van der Waals surface area (Å²) in [4.78, 5) is 12.9. The van der Waals surface area contributed by atoms with Crippen molar-refractivity contribution < 1.29 is 13.6 Å². The lowest BCUT2D eigenvalue weighted by atomic mass is 10.1. The lowest BCUT2D eigenvalue weighted by Gasteiger charge is -2.40. The van der Waals surface area contributed by atoms with Gasteiger partial charge in [-0.2, -0.15) is 0 Å². The van der Waals surface area contributed by atoms with E-state index in [2.05, 4.69) is 0 Å². The van der Waals surface area contributed by atoms with Crippen molar-refractivity contribution in [2.45, 2.75) is 19.3 Å². The topological polar surface area (TPSA) is 20.3 Å². The molecule has 16 heavy (non-hydrogen) atoms. The molecule has 1 aromatic rings. The van der Waals surface area contributed by atoms with Crippen LogP contribution in [0.1, 0.15) is 23.7 Å². The molecule has 2 rings (SSSR count). The molecule has 0 saturated carbocycles. The molecule has 2 nitrogen and oxygen atoms in total. The standard InChI is InChI=1S/C12H13F2NO/c1-2-11(16)9-3-5-10(6-4-9)15-7-12(13,14)8-15/h3-6H,2,7-8H2,1H3. The average molecular weight is 225 g/mol. The summed E-state index contributed by atoms with van der Waals surface area (Å²) in [6.07, 6.45) is 0.459. The van der Waals surface area contributed by atoms with E-state index in [4.69, 9.17) is 0 Å². The molecular weight excluding hydrogens is 212 g/mol. The molecule has 1 aliphatic heterocycles. The highest BCUT2D eigenvalue weighted by Gasteiger charge is 2.43. The van der Waals surface area contributed by atoms with E-state index in [-0.39, 0.29) is 18.9 Å². The molecule has 0 N–H and O–H groups in total. The van der Waals surface area contributed by atoms with Crippen molar-refractivity contribution in [2.75, 3.05) is 18.0 Å². The van der Waals surface area contributed by atoms with Crippen molar-refractivity contribution in [1.82, 2.24) is 0 Å². The number of ketones is 1. The van der Waals surface area contributed by atoms with Gasteiger partial charge in [-0.05, 0) is 24.3 Å². The molecule has 0 bridgehead atoms. The van der Waals surface area contributed by atoms with Crippen LogP contribution in [0.15, 0.2) is 24.3 Å². The Kier molecular flexibility index (Phi) is 2.66. The first-order chi connectivity index (χ1) is 7.52. The first-order valence-electron chi connectivity index (χ1n) is 5.28. The Morgan fingerprint density at radius 3 is 2.31 bits per heavy atom. The normalized spacial score (nSPS) is 18.1. The van der Waals surface area contributed by atoms with Crippen LogP contribution in [0, 0.1) is 0 Å². The number of rotatable bonds is 3. The van der Waals surface area contributed by atoms with Gasteiger partial charge in [0, 0.05) is 17.7 Å². The van der Waals surface area contributed by atoms with Gasteiger partial charge in [-0.25, -0.2) is 8.78 Å². The Morgan fingerprint density at radius 1 is 1.31 bits per heavy atom. The van der Waals surface area contributed by atoms with E-state index in [1.165, 1.54) is 0 Å². The fraction of sp³-hybridized carbons (Fsp3) is 0.417. The summed E-state index contributed by atoms with van der Waals surface area (Å²) in [5.74, 6) is -2.49. The van der Waals surface area contributed by atoms with Crippen LogP contribution >= 0.6 is 0 Å². The molecule has 0 aliphatic carbocycles. The largest absolute Gasteiger partial charge is 0.359 e. The molecule has 0 atom stereocenters. The van der Waals surface area contributed by atoms with E-state index >= 15 is 0 Å². The second kappa shape index (κ2) is 3.85. The highest BCUT2D eigenvalue weighted by Crippen LogP contribution is 2.31. The van der Waals surface area contributed by atoms with Crippen LogP contribution in [-0.2, 0) is 0 Å². The van der Waals surface area contributed by atoms with Crippen molar-refractivity contribution in [1.29, 1.82) is 0 Å². The molecule has 86 valence electrons. The van der Waals surface area contributed by atoms with Gasteiger partial charge in [0.25, 0.3) is 5.92 Å². The van der Waals surface area contributed by atoms with Crippen molar-refractivity contribution in [3.63, 3.8) is 0 Å². The Balaban J connectivity index is 2.06. The van der Waals surface area contributed by atoms with E-state index in [1.54, 1.807) is 36.1 Å². The Bertz CT molecular complexity index is 392. The second-order valence-electron chi connectivity index (χ2n) is 4.04. The number of alkyl halides is 2. The molecule has 1 fully saturated rings. The van der Waals surface area contributed by atoms with Gasteiger partial charge in [0.1, 0.15) is 0 Å². The van der Waals surface area contributed by atoms with Crippen LogP contribution in [0.2, 0.25) is 0 Å². The summed E-state index contributed by atoms with van der Waals surface area (Å²) in [7, 11) is 0. The number of carbonyl (C=O) groups excluding carboxylic acids is 1. The van der Waals surface area contributed by atoms with Gasteiger partial charge >= 0.3 is 0 Å². The minimum absolute atomic E-state index is 0.0699. The number of halogens is 2. The van der Waals surface area contributed by atoms with Crippen molar-refractivity contribution in [2.24, 2.45) is 0 Å². The van der Waals surface area contributed by atoms with Gasteiger partial charge in [-0.15, -0.1) is 0 Å². The van der Waals surface area contributed by atoms with E-state index in [9.17, 15) is 13.6 Å². The molecule has 0 amide bonds. The summed E-state index contributed by atoms with van der Waals surface area (Å²) in [5.41, 5.74) is 1.39. The zero-order chi connectivity index (χ0) is 11.8. The number of nitrogens with zero attached hydrogens (tertiary/aromatic N) is 1. The van der Waals surface area contributed by atoms with Gasteiger partial charge in [-0.3, -0.25) is 4.79 Å². The van der Waals surface area contributed by atoms with Gasteiger partial charge in [-0.1, -0.05) is 6.92 Å². The van der Waals surface area contributed by atoms with E-state index in [1.807, 2.05) is 0 Å². The van der Waals surface area contributed by atoms with Gasteiger partial charge in [0.15, 0.2) is 5.78 Å². The third-order valence-corrected chi connectivity index (χ3v) is 2.72. The van der Waals surface area contributed by atoms with Crippen molar-refractivity contribution >= 4 is 11.5 Å². The summed E-state index contributed by atoms with van der Waals surface area (Å²) >= 11 is 0. The van der Waals surface area contributed by atoms with E-state index in [0.717, 1.165) is 5.69 Å². The minimum atomic E-state index is -2.56. The first-order valence-corrected chi connectivity index (χ1v) is 5.28. The zero-order valence-electron chi connectivity index (χ0n) is 9.04. The maximum absolute atomic E-state index is 12.6. The summed E-state index contributed by atoms with van der Waals surface area (Å²) in [5, 5.41) is 0. The van der Waals surface area contributed by atoms with Crippen molar-refractivity contribution in [3.8, 4) is 0 Å². The fourth-order valence-corrected chi connectivity index (χ4v) is 1.76. The number of Topliss-reactive ketones (excluding diaryl/α,β-unsaturated/α-hetero) is 1. The third-order valence-electron chi connectivity index (χ3n) is 2.72. The molecule has 1 aliphatic rings. The Hall–Kier alpha value is -1.45. The Labute approximate surface area is 92.9 Å². The first kappa shape index (κ1) is 11.0. The molecular formula is C12H13F2NO. The quantitative estimate of drug-likeness (QED) is 0.737. The molecule has 1 heterocycles. The molecule has 0 unspecified atom stereocenters. The predicted octanol–water partition coefficient (Wildman–Crippen LogP) is 2.73. The smallest absolute Gasteiger partial charge is 0.282 e. The van der Waals surface area contributed by atoms with Crippen LogP contribution in [0.4, 0.5) is 14.5 Å². The molecule has 1 saturated heterocycles. The van der Waals surface area contributed by atoms with E-state index in [0.29, 0.717) is 12.0 Å². The lowest BCUT2D eigenvalue weighted by molar-refractivity contribution is -0.0262. The van der Waals surface area contributed by atoms with Gasteiger partial charge in [0.05, 0.1) is 13.1 Å². The highest BCUT2D eigenvalue weighted by atomic mass is 19.3. The molecule has 4 heteroatoms. The highest BCUT2D eigenvalue weighted by molar-refractivity contribution is 5.96. The monoisotopic (exact) mass is 225 g/mol. The fourth-order valence-electron chi connectivity index (χ4n) is 1.76. The molecule has 1 aromatic carbocycles. The van der Waals surface area contributed by atoms with Crippen LogP contribution in [0.5, 0.6) is 0 Å². The number of anilines is 1. The average Bonchev–Trinajstić information content (AvgIpc) is 2.25.